The van der Waals surface area contributed by atoms with Crippen LogP contribution in [0.15, 0.2) is 17.5 Å². The molecule has 76 valence electrons. The van der Waals surface area contributed by atoms with Crippen molar-refractivity contribution in [1.82, 2.24) is 9.78 Å². The van der Waals surface area contributed by atoms with Gasteiger partial charge in [0.1, 0.15) is 0 Å². The summed E-state index contributed by atoms with van der Waals surface area (Å²) < 4.78 is 1.84. The summed E-state index contributed by atoms with van der Waals surface area (Å²) in [6, 6.07) is 0. The Morgan fingerprint density at radius 1 is 1.71 bits per heavy atom. The number of rotatable bonds is 3. The highest BCUT2D eigenvalue weighted by molar-refractivity contribution is 6.00. The van der Waals surface area contributed by atoms with Crippen molar-refractivity contribution in [3.05, 3.63) is 18.0 Å². The first-order chi connectivity index (χ1) is 6.83. The Labute approximate surface area is 82.0 Å². The molecule has 2 heterocycles. The van der Waals surface area contributed by atoms with Gasteiger partial charge in [0.15, 0.2) is 6.10 Å². The highest BCUT2D eigenvalue weighted by Gasteiger charge is 2.21. The zero-order valence-electron chi connectivity index (χ0n) is 8.05. The number of hydrogen-bond acceptors (Lipinski definition) is 4. The number of oxime groups is 1. The van der Waals surface area contributed by atoms with E-state index in [0.717, 1.165) is 17.8 Å². The first-order valence-electron chi connectivity index (χ1n) is 4.70. The smallest absolute Gasteiger partial charge is 0.156 e. The first-order valence-corrected chi connectivity index (χ1v) is 4.70. The fourth-order valence-electron chi connectivity index (χ4n) is 1.38. The van der Waals surface area contributed by atoms with E-state index in [9.17, 15) is 0 Å². The molecule has 0 bridgehead atoms. The van der Waals surface area contributed by atoms with E-state index >= 15 is 0 Å². The number of aliphatic hydroxyl groups is 1. The first kappa shape index (κ1) is 9.21. The topological polar surface area (TPSA) is 59.6 Å². The van der Waals surface area contributed by atoms with E-state index < -0.39 is 0 Å². The molecule has 1 aromatic rings. The summed E-state index contributed by atoms with van der Waals surface area (Å²) in [4.78, 5) is 5.01. The lowest BCUT2D eigenvalue weighted by Crippen LogP contribution is -2.12. The van der Waals surface area contributed by atoms with Gasteiger partial charge in [-0.2, -0.15) is 5.10 Å². The molecule has 0 aromatic carbocycles. The van der Waals surface area contributed by atoms with Gasteiger partial charge < -0.3 is 9.94 Å². The van der Waals surface area contributed by atoms with Gasteiger partial charge in [0.05, 0.1) is 18.5 Å². The maximum absolute atomic E-state index is 8.86. The predicted molar refractivity (Wildman–Crippen MR) is 51.0 cm³/mol. The fraction of sp³-hybridized carbons (Fsp3) is 0.556. The van der Waals surface area contributed by atoms with Gasteiger partial charge in [-0.1, -0.05) is 5.16 Å². The molecular weight excluding hydrogens is 182 g/mol. The van der Waals surface area contributed by atoms with Crippen LogP contribution in [-0.4, -0.2) is 33.3 Å². The maximum Gasteiger partial charge on any atom is 0.156 e. The van der Waals surface area contributed by atoms with E-state index in [0.29, 0.717) is 6.42 Å². The third kappa shape index (κ3) is 1.63. The van der Waals surface area contributed by atoms with E-state index in [2.05, 4.69) is 10.3 Å². The van der Waals surface area contributed by atoms with Crippen molar-refractivity contribution in [2.45, 2.75) is 26.0 Å². The summed E-state index contributed by atoms with van der Waals surface area (Å²) in [7, 11) is 0. The van der Waals surface area contributed by atoms with Gasteiger partial charge in [-0.15, -0.1) is 0 Å². The SMILES string of the molecule is CCn1cc(C2=NOC(CO)C2)cn1. The third-order valence-corrected chi connectivity index (χ3v) is 2.23. The van der Waals surface area contributed by atoms with Gasteiger partial charge in [-0.3, -0.25) is 4.68 Å². The molecule has 0 radical (unpaired) electrons. The molecule has 5 nitrogen and oxygen atoms in total. The number of hydrogen-bond donors (Lipinski definition) is 1. The van der Waals surface area contributed by atoms with Crippen LogP contribution in [0.4, 0.5) is 0 Å². The standard InChI is InChI=1S/C9H13N3O2/c1-2-12-5-7(4-10-12)9-3-8(6-13)14-11-9/h4-5,8,13H,2-3,6H2,1H3. The molecule has 0 amide bonds. The maximum atomic E-state index is 8.86. The average molecular weight is 195 g/mol. The minimum Gasteiger partial charge on any atom is -0.392 e. The van der Waals surface area contributed by atoms with Crippen molar-refractivity contribution in [2.75, 3.05) is 6.61 Å². The zero-order chi connectivity index (χ0) is 9.97. The molecule has 0 fully saturated rings. The quantitative estimate of drug-likeness (QED) is 0.758. The lowest BCUT2D eigenvalue weighted by Gasteiger charge is -2.00. The molecule has 5 heteroatoms. The third-order valence-electron chi connectivity index (χ3n) is 2.23. The summed E-state index contributed by atoms with van der Waals surface area (Å²) >= 11 is 0. The number of aromatic nitrogens is 2. The second-order valence-corrected chi connectivity index (χ2v) is 3.24. The van der Waals surface area contributed by atoms with Gasteiger partial charge in [0.2, 0.25) is 0 Å². The molecular formula is C9H13N3O2. The number of nitrogens with zero attached hydrogens (tertiary/aromatic N) is 3. The Balaban J connectivity index is 2.09. The van der Waals surface area contributed by atoms with E-state index in [1.807, 2.05) is 17.8 Å². The molecule has 2 rings (SSSR count). The van der Waals surface area contributed by atoms with E-state index in [1.54, 1.807) is 6.20 Å². The van der Waals surface area contributed by atoms with Crippen LogP contribution in [0.5, 0.6) is 0 Å². The molecule has 0 saturated carbocycles. The van der Waals surface area contributed by atoms with Crippen LogP contribution >= 0.6 is 0 Å². The number of aryl methyl sites for hydroxylation is 1. The normalized spacial score (nSPS) is 20.7. The second-order valence-electron chi connectivity index (χ2n) is 3.24. The minimum absolute atomic E-state index is 0.00884. The summed E-state index contributed by atoms with van der Waals surface area (Å²) in [5.74, 6) is 0. The van der Waals surface area contributed by atoms with E-state index in [1.165, 1.54) is 0 Å². The van der Waals surface area contributed by atoms with Crippen molar-refractivity contribution >= 4 is 5.71 Å². The van der Waals surface area contributed by atoms with Crippen molar-refractivity contribution in [2.24, 2.45) is 5.16 Å². The van der Waals surface area contributed by atoms with Crippen LogP contribution in [-0.2, 0) is 11.4 Å². The van der Waals surface area contributed by atoms with Crippen LogP contribution in [0.2, 0.25) is 0 Å². The van der Waals surface area contributed by atoms with Gasteiger partial charge in [-0.05, 0) is 6.92 Å². The van der Waals surface area contributed by atoms with Gasteiger partial charge in [-0.25, -0.2) is 0 Å². The Hall–Kier alpha value is -1.36. The van der Waals surface area contributed by atoms with Crippen LogP contribution in [0, 0.1) is 0 Å². The largest absolute Gasteiger partial charge is 0.392 e. The van der Waals surface area contributed by atoms with Gasteiger partial charge in [0.25, 0.3) is 0 Å². The molecule has 0 saturated heterocycles. The van der Waals surface area contributed by atoms with Crippen LogP contribution < -0.4 is 0 Å². The lowest BCUT2D eigenvalue weighted by molar-refractivity contribution is 0.0390. The molecule has 14 heavy (non-hydrogen) atoms. The Kier molecular flexibility index (Phi) is 2.49. The predicted octanol–water partition coefficient (Wildman–Crippen LogP) is 0.388. The second kappa shape index (κ2) is 3.79. The molecule has 0 aliphatic carbocycles. The average Bonchev–Trinajstić information content (AvgIpc) is 2.86. The Morgan fingerprint density at radius 3 is 3.14 bits per heavy atom. The van der Waals surface area contributed by atoms with Crippen LogP contribution in [0.1, 0.15) is 18.9 Å². The van der Waals surface area contributed by atoms with Crippen LogP contribution in [0.3, 0.4) is 0 Å². The molecule has 0 spiro atoms. The van der Waals surface area contributed by atoms with Crippen molar-refractivity contribution in [3.63, 3.8) is 0 Å². The Bertz CT molecular complexity index is 346. The molecule has 1 unspecified atom stereocenters. The lowest BCUT2D eigenvalue weighted by atomic mass is 10.1. The van der Waals surface area contributed by atoms with Crippen molar-refractivity contribution in [1.29, 1.82) is 0 Å². The molecule has 1 N–H and O–H groups in total. The summed E-state index contributed by atoms with van der Waals surface area (Å²) in [5, 5.41) is 16.9. The van der Waals surface area contributed by atoms with Gasteiger partial charge >= 0.3 is 0 Å². The fourth-order valence-corrected chi connectivity index (χ4v) is 1.38. The van der Waals surface area contributed by atoms with E-state index in [4.69, 9.17) is 9.94 Å². The Morgan fingerprint density at radius 2 is 2.57 bits per heavy atom. The summed E-state index contributed by atoms with van der Waals surface area (Å²) in [5.41, 5.74) is 1.84. The summed E-state index contributed by atoms with van der Waals surface area (Å²) in [6.45, 7) is 2.88. The number of aliphatic hydroxyl groups excluding tert-OH is 1. The highest BCUT2D eigenvalue weighted by Crippen LogP contribution is 2.15. The van der Waals surface area contributed by atoms with E-state index in [-0.39, 0.29) is 12.7 Å². The van der Waals surface area contributed by atoms with Crippen LogP contribution in [0.25, 0.3) is 0 Å². The molecule has 1 atom stereocenters. The van der Waals surface area contributed by atoms with Crippen molar-refractivity contribution < 1.29 is 9.94 Å². The molecule has 1 aliphatic heterocycles. The highest BCUT2D eigenvalue weighted by atomic mass is 16.6. The molecule has 1 aliphatic rings. The van der Waals surface area contributed by atoms with Crippen molar-refractivity contribution in [3.8, 4) is 0 Å². The minimum atomic E-state index is -0.185. The molecule has 1 aromatic heterocycles. The van der Waals surface area contributed by atoms with Gasteiger partial charge in [0, 0.05) is 24.7 Å². The monoisotopic (exact) mass is 195 g/mol. The zero-order valence-corrected chi connectivity index (χ0v) is 8.05. The summed E-state index contributed by atoms with van der Waals surface area (Å²) in [6.07, 6.45) is 4.18.